The van der Waals surface area contributed by atoms with Crippen molar-refractivity contribution in [3.63, 3.8) is 0 Å². The highest BCUT2D eigenvalue weighted by atomic mass is 127. The maximum Gasteiger partial charge on any atom is 0.161 e. The van der Waals surface area contributed by atoms with Crippen LogP contribution in [0.5, 0.6) is 0 Å². The highest BCUT2D eigenvalue weighted by molar-refractivity contribution is 14.1. The first-order valence-electron chi connectivity index (χ1n) is 3.61. The predicted octanol–water partition coefficient (Wildman–Crippen LogP) is 3.53. The molecule has 0 saturated heterocycles. The molecule has 0 radical (unpaired) electrons. The standard InChI is InChI=1S/C9H7BrFIO/c1-5(13)9-6(4-10)2-7(11)3-8(9)12/h2-3H,4H2,1H3. The van der Waals surface area contributed by atoms with Gasteiger partial charge in [-0.3, -0.25) is 4.79 Å². The number of halogens is 3. The lowest BCUT2D eigenvalue weighted by Crippen LogP contribution is -2.02. The number of carbonyl (C=O) groups excluding carboxylic acids is 1. The molecular formula is C9H7BrFIO. The summed E-state index contributed by atoms with van der Waals surface area (Å²) in [5.74, 6) is -0.331. The van der Waals surface area contributed by atoms with Crippen LogP contribution in [0.25, 0.3) is 0 Å². The lowest BCUT2D eigenvalue weighted by Gasteiger charge is -2.06. The Morgan fingerprint density at radius 1 is 1.62 bits per heavy atom. The van der Waals surface area contributed by atoms with Crippen LogP contribution in [0, 0.1) is 9.39 Å². The van der Waals surface area contributed by atoms with Gasteiger partial charge in [-0.05, 0) is 47.2 Å². The number of hydrogen-bond donors (Lipinski definition) is 0. The topological polar surface area (TPSA) is 17.1 Å². The van der Waals surface area contributed by atoms with Gasteiger partial charge in [0.1, 0.15) is 5.82 Å². The number of hydrogen-bond acceptors (Lipinski definition) is 1. The molecule has 0 amide bonds. The first kappa shape index (κ1) is 11.1. The Morgan fingerprint density at radius 2 is 2.23 bits per heavy atom. The molecule has 0 aliphatic carbocycles. The van der Waals surface area contributed by atoms with Crippen molar-refractivity contribution in [2.75, 3.05) is 0 Å². The Labute approximate surface area is 98.0 Å². The monoisotopic (exact) mass is 356 g/mol. The van der Waals surface area contributed by atoms with E-state index in [0.29, 0.717) is 20.0 Å². The molecular weight excluding hydrogens is 350 g/mol. The lowest BCUT2D eigenvalue weighted by atomic mass is 10.1. The van der Waals surface area contributed by atoms with E-state index in [1.807, 2.05) is 22.6 Å². The third kappa shape index (κ3) is 2.49. The van der Waals surface area contributed by atoms with Crippen molar-refractivity contribution in [3.05, 3.63) is 32.6 Å². The van der Waals surface area contributed by atoms with E-state index in [9.17, 15) is 9.18 Å². The molecule has 0 aliphatic heterocycles. The second kappa shape index (κ2) is 4.50. The summed E-state index contributed by atoms with van der Waals surface area (Å²) in [6.45, 7) is 1.49. The van der Waals surface area contributed by atoms with E-state index in [-0.39, 0.29) is 11.6 Å². The molecule has 0 fully saturated rings. The van der Waals surface area contributed by atoms with E-state index >= 15 is 0 Å². The minimum Gasteiger partial charge on any atom is -0.294 e. The van der Waals surface area contributed by atoms with Crippen molar-refractivity contribution in [1.82, 2.24) is 0 Å². The Morgan fingerprint density at radius 3 is 2.69 bits per heavy atom. The summed E-state index contributed by atoms with van der Waals surface area (Å²) in [5.41, 5.74) is 1.32. The van der Waals surface area contributed by atoms with Crippen LogP contribution in [0.2, 0.25) is 0 Å². The van der Waals surface area contributed by atoms with Gasteiger partial charge in [-0.15, -0.1) is 0 Å². The van der Waals surface area contributed by atoms with Crippen molar-refractivity contribution >= 4 is 44.3 Å². The van der Waals surface area contributed by atoms with Crippen LogP contribution >= 0.6 is 38.5 Å². The molecule has 0 N–H and O–H groups in total. The molecule has 1 nitrogen and oxygen atoms in total. The van der Waals surface area contributed by atoms with Gasteiger partial charge in [0.25, 0.3) is 0 Å². The summed E-state index contributed by atoms with van der Waals surface area (Å²) in [5, 5.41) is 0.496. The maximum absolute atomic E-state index is 12.9. The summed E-state index contributed by atoms with van der Waals surface area (Å²) in [7, 11) is 0. The molecule has 0 unspecified atom stereocenters. The third-order valence-corrected chi connectivity index (χ3v) is 3.09. The Balaban J connectivity index is 3.38. The molecule has 13 heavy (non-hydrogen) atoms. The van der Waals surface area contributed by atoms with Crippen molar-refractivity contribution in [2.45, 2.75) is 12.3 Å². The molecule has 1 rings (SSSR count). The fourth-order valence-electron chi connectivity index (χ4n) is 1.13. The quantitative estimate of drug-likeness (QED) is 0.450. The highest BCUT2D eigenvalue weighted by Gasteiger charge is 2.12. The van der Waals surface area contributed by atoms with Gasteiger partial charge >= 0.3 is 0 Å². The summed E-state index contributed by atoms with van der Waals surface area (Å²) >= 11 is 5.19. The Hall–Kier alpha value is 0.0300. The zero-order valence-corrected chi connectivity index (χ0v) is 10.6. The molecule has 0 heterocycles. The molecule has 0 saturated carbocycles. The van der Waals surface area contributed by atoms with Gasteiger partial charge in [-0.1, -0.05) is 15.9 Å². The largest absolute Gasteiger partial charge is 0.294 e. The van der Waals surface area contributed by atoms with Crippen LogP contribution in [-0.4, -0.2) is 5.78 Å². The molecule has 0 atom stereocenters. The summed E-state index contributed by atoms with van der Waals surface area (Å²) in [6.07, 6.45) is 0. The number of ketones is 1. The van der Waals surface area contributed by atoms with E-state index in [1.165, 1.54) is 19.1 Å². The van der Waals surface area contributed by atoms with E-state index in [0.717, 1.165) is 0 Å². The lowest BCUT2D eigenvalue weighted by molar-refractivity contribution is 0.101. The number of Topliss-reactive ketones (excluding diaryl/α,β-unsaturated/α-hetero) is 1. The van der Waals surface area contributed by atoms with E-state index in [4.69, 9.17) is 0 Å². The maximum atomic E-state index is 12.9. The number of alkyl halides is 1. The van der Waals surface area contributed by atoms with Crippen LogP contribution in [0.1, 0.15) is 22.8 Å². The minimum absolute atomic E-state index is 0.0288. The fraction of sp³-hybridized carbons (Fsp3) is 0.222. The second-order valence-electron chi connectivity index (χ2n) is 2.61. The van der Waals surface area contributed by atoms with Crippen molar-refractivity contribution in [2.24, 2.45) is 0 Å². The van der Waals surface area contributed by atoms with Gasteiger partial charge in [0.15, 0.2) is 5.78 Å². The molecule has 4 heteroatoms. The minimum atomic E-state index is -0.302. The van der Waals surface area contributed by atoms with Crippen molar-refractivity contribution in [1.29, 1.82) is 0 Å². The van der Waals surface area contributed by atoms with Gasteiger partial charge in [0.2, 0.25) is 0 Å². The smallest absolute Gasteiger partial charge is 0.161 e. The summed E-state index contributed by atoms with van der Waals surface area (Å²) in [6, 6.07) is 2.75. The first-order chi connectivity index (χ1) is 6.06. The number of benzene rings is 1. The normalized spacial score (nSPS) is 10.2. The number of carbonyl (C=O) groups is 1. The zero-order chi connectivity index (χ0) is 10.0. The molecule has 0 aliphatic rings. The van der Waals surface area contributed by atoms with Crippen LogP contribution in [-0.2, 0) is 5.33 Å². The SMILES string of the molecule is CC(=O)c1c(I)cc(F)cc1CBr. The molecule has 0 bridgehead atoms. The average molecular weight is 357 g/mol. The molecule has 1 aromatic carbocycles. The third-order valence-electron chi connectivity index (χ3n) is 1.63. The zero-order valence-electron chi connectivity index (χ0n) is 6.90. The van der Waals surface area contributed by atoms with E-state index in [1.54, 1.807) is 0 Å². The van der Waals surface area contributed by atoms with Gasteiger partial charge in [-0.2, -0.15) is 0 Å². The molecule has 0 aromatic heterocycles. The number of rotatable bonds is 2. The van der Waals surface area contributed by atoms with Crippen LogP contribution in [0.4, 0.5) is 4.39 Å². The molecule has 70 valence electrons. The van der Waals surface area contributed by atoms with Gasteiger partial charge in [0, 0.05) is 14.5 Å². The predicted molar refractivity (Wildman–Crippen MR) is 61.8 cm³/mol. The van der Waals surface area contributed by atoms with Gasteiger partial charge in [0.05, 0.1) is 0 Å². The summed E-state index contributed by atoms with van der Waals surface area (Å²) < 4.78 is 13.6. The highest BCUT2D eigenvalue weighted by Crippen LogP contribution is 2.21. The van der Waals surface area contributed by atoms with E-state index < -0.39 is 0 Å². The Bertz CT molecular complexity index is 352. The van der Waals surface area contributed by atoms with Gasteiger partial charge in [-0.25, -0.2) is 4.39 Å². The summed E-state index contributed by atoms with van der Waals surface area (Å²) in [4.78, 5) is 11.2. The van der Waals surface area contributed by atoms with Crippen LogP contribution in [0.15, 0.2) is 12.1 Å². The van der Waals surface area contributed by atoms with Crippen LogP contribution < -0.4 is 0 Å². The molecule has 0 spiro atoms. The second-order valence-corrected chi connectivity index (χ2v) is 4.33. The average Bonchev–Trinajstić information content (AvgIpc) is 2.01. The Kier molecular flexibility index (Phi) is 3.85. The first-order valence-corrected chi connectivity index (χ1v) is 5.81. The molecule has 1 aromatic rings. The van der Waals surface area contributed by atoms with E-state index in [2.05, 4.69) is 15.9 Å². The van der Waals surface area contributed by atoms with Crippen molar-refractivity contribution < 1.29 is 9.18 Å². The fourth-order valence-corrected chi connectivity index (χ4v) is 2.59. The van der Waals surface area contributed by atoms with Crippen LogP contribution in [0.3, 0.4) is 0 Å². The van der Waals surface area contributed by atoms with Crippen molar-refractivity contribution in [3.8, 4) is 0 Å². The van der Waals surface area contributed by atoms with Gasteiger partial charge < -0.3 is 0 Å².